The Hall–Kier alpha value is -1.26. The largest absolute Gasteiger partial charge is 0.444 e. The lowest BCUT2D eigenvalue weighted by Gasteiger charge is -2.26. The molecule has 0 radical (unpaired) electrons. The quantitative estimate of drug-likeness (QED) is 0.411. The van der Waals surface area contributed by atoms with Gasteiger partial charge in [0.2, 0.25) is 0 Å². The highest BCUT2D eigenvalue weighted by molar-refractivity contribution is 5.76. The minimum atomic E-state index is -0.486. The van der Waals surface area contributed by atoms with Gasteiger partial charge >= 0.3 is 6.09 Å². The van der Waals surface area contributed by atoms with Crippen LogP contribution < -0.4 is 0 Å². The predicted molar refractivity (Wildman–Crippen MR) is 56.2 cm³/mol. The van der Waals surface area contributed by atoms with Crippen molar-refractivity contribution in [1.82, 2.24) is 4.90 Å². The maximum Gasteiger partial charge on any atom is 0.410 e. The summed E-state index contributed by atoms with van der Waals surface area (Å²) in [5.74, 6) is 0. The Kier molecular flexibility index (Phi) is 3.55. The highest BCUT2D eigenvalue weighted by Crippen LogP contribution is 2.19. The van der Waals surface area contributed by atoms with E-state index in [2.05, 4.69) is 5.16 Å². The highest BCUT2D eigenvalue weighted by Gasteiger charge is 2.31. The van der Waals surface area contributed by atoms with Crippen LogP contribution >= 0.6 is 0 Å². The van der Waals surface area contributed by atoms with E-state index in [1.165, 1.54) is 6.21 Å². The van der Waals surface area contributed by atoms with Crippen molar-refractivity contribution in [2.45, 2.75) is 45.3 Å². The molecule has 5 nitrogen and oxygen atoms in total. The first kappa shape index (κ1) is 11.8. The van der Waals surface area contributed by atoms with Gasteiger partial charge < -0.3 is 14.8 Å². The molecule has 15 heavy (non-hydrogen) atoms. The van der Waals surface area contributed by atoms with E-state index in [-0.39, 0.29) is 12.1 Å². The monoisotopic (exact) mass is 214 g/mol. The van der Waals surface area contributed by atoms with Crippen molar-refractivity contribution >= 4 is 12.3 Å². The summed E-state index contributed by atoms with van der Waals surface area (Å²) >= 11 is 0. The fraction of sp³-hybridized carbons (Fsp3) is 0.800. The van der Waals surface area contributed by atoms with Crippen molar-refractivity contribution in [1.29, 1.82) is 0 Å². The van der Waals surface area contributed by atoms with Gasteiger partial charge in [-0.25, -0.2) is 4.79 Å². The zero-order valence-electron chi connectivity index (χ0n) is 9.43. The molecule has 0 spiro atoms. The molecule has 5 heteroatoms. The number of likely N-dealkylation sites (tertiary alicyclic amines) is 1. The standard InChI is InChI=1S/C10H18N2O3/c1-10(2,3)15-9(13)12-6-4-5-8(12)7-11-14/h7-8,14H,4-6H2,1-3H3/b11-7+/t8-/m0/s1. The van der Waals surface area contributed by atoms with Crippen LogP contribution in [-0.4, -0.2) is 40.6 Å². The van der Waals surface area contributed by atoms with E-state index >= 15 is 0 Å². The van der Waals surface area contributed by atoms with Gasteiger partial charge in [0.05, 0.1) is 12.3 Å². The maximum atomic E-state index is 11.7. The Morgan fingerprint density at radius 2 is 2.27 bits per heavy atom. The Labute approximate surface area is 89.7 Å². The van der Waals surface area contributed by atoms with Crippen molar-refractivity contribution in [2.75, 3.05) is 6.54 Å². The number of ether oxygens (including phenoxy) is 1. The van der Waals surface area contributed by atoms with Crippen LogP contribution in [0.15, 0.2) is 5.16 Å². The molecule has 1 heterocycles. The summed E-state index contributed by atoms with van der Waals surface area (Å²) in [5.41, 5.74) is -0.486. The summed E-state index contributed by atoms with van der Waals surface area (Å²) in [5, 5.41) is 11.4. The summed E-state index contributed by atoms with van der Waals surface area (Å²) < 4.78 is 5.24. The van der Waals surface area contributed by atoms with Crippen LogP contribution in [0.3, 0.4) is 0 Å². The number of nitrogens with zero attached hydrogens (tertiary/aromatic N) is 2. The van der Waals surface area contributed by atoms with Crippen molar-refractivity contribution in [3.63, 3.8) is 0 Å². The molecule has 0 aromatic heterocycles. The maximum absolute atomic E-state index is 11.7. The molecule has 1 atom stereocenters. The van der Waals surface area contributed by atoms with Crippen molar-refractivity contribution in [3.05, 3.63) is 0 Å². The zero-order chi connectivity index (χ0) is 11.5. The second-order valence-corrected chi connectivity index (χ2v) is 4.65. The number of rotatable bonds is 1. The van der Waals surface area contributed by atoms with Gasteiger partial charge in [0.25, 0.3) is 0 Å². The molecular weight excluding hydrogens is 196 g/mol. The number of amides is 1. The molecular formula is C10H18N2O3. The van der Waals surface area contributed by atoms with Crippen LogP contribution in [0.4, 0.5) is 4.79 Å². The summed E-state index contributed by atoms with van der Waals surface area (Å²) in [4.78, 5) is 13.3. The van der Waals surface area contributed by atoms with Gasteiger partial charge in [0.1, 0.15) is 5.60 Å². The first-order valence-electron chi connectivity index (χ1n) is 5.11. The minimum absolute atomic E-state index is 0.134. The van der Waals surface area contributed by atoms with Crippen molar-refractivity contribution in [3.8, 4) is 0 Å². The van der Waals surface area contributed by atoms with Gasteiger partial charge in [-0.15, -0.1) is 0 Å². The summed E-state index contributed by atoms with van der Waals surface area (Å²) in [6.07, 6.45) is 2.76. The lowest BCUT2D eigenvalue weighted by molar-refractivity contribution is 0.0267. The van der Waals surface area contributed by atoms with E-state index < -0.39 is 5.60 Å². The molecule has 1 N–H and O–H groups in total. The number of oxime groups is 1. The Morgan fingerprint density at radius 1 is 1.60 bits per heavy atom. The summed E-state index contributed by atoms with van der Waals surface area (Å²) in [7, 11) is 0. The van der Waals surface area contributed by atoms with Crippen LogP contribution in [0.5, 0.6) is 0 Å². The Morgan fingerprint density at radius 3 is 2.80 bits per heavy atom. The topological polar surface area (TPSA) is 62.1 Å². The molecule has 1 saturated heterocycles. The highest BCUT2D eigenvalue weighted by atomic mass is 16.6. The van der Waals surface area contributed by atoms with Crippen LogP contribution in [0.2, 0.25) is 0 Å². The van der Waals surface area contributed by atoms with Crippen LogP contribution in [0.1, 0.15) is 33.6 Å². The minimum Gasteiger partial charge on any atom is -0.444 e. The number of hydrogen-bond acceptors (Lipinski definition) is 4. The molecule has 0 aromatic carbocycles. The molecule has 0 aliphatic carbocycles. The van der Waals surface area contributed by atoms with E-state index in [1.807, 2.05) is 20.8 Å². The van der Waals surface area contributed by atoms with E-state index in [1.54, 1.807) is 4.90 Å². The van der Waals surface area contributed by atoms with Gasteiger partial charge in [-0.1, -0.05) is 5.16 Å². The molecule has 1 fully saturated rings. The van der Waals surface area contributed by atoms with Crippen molar-refractivity contribution in [2.24, 2.45) is 5.16 Å². The predicted octanol–water partition coefficient (Wildman–Crippen LogP) is 1.85. The first-order valence-corrected chi connectivity index (χ1v) is 5.11. The fourth-order valence-electron chi connectivity index (χ4n) is 1.57. The van der Waals surface area contributed by atoms with E-state index in [9.17, 15) is 4.79 Å². The number of carbonyl (C=O) groups excluding carboxylic acids is 1. The zero-order valence-corrected chi connectivity index (χ0v) is 9.43. The molecule has 1 amide bonds. The van der Waals surface area contributed by atoms with Gasteiger partial charge in [-0.2, -0.15) is 0 Å². The number of carbonyl (C=O) groups is 1. The summed E-state index contributed by atoms with van der Waals surface area (Å²) in [6.45, 7) is 6.15. The lowest BCUT2D eigenvalue weighted by Crippen LogP contribution is -2.40. The molecule has 1 aliphatic rings. The van der Waals surface area contributed by atoms with E-state index in [0.717, 1.165) is 12.8 Å². The second kappa shape index (κ2) is 4.51. The van der Waals surface area contributed by atoms with E-state index in [0.29, 0.717) is 6.54 Å². The molecule has 0 bridgehead atoms. The molecule has 0 unspecified atom stereocenters. The summed E-state index contributed by atoms with van der Waals surface area (Å²) in [6, 6.07) is -0.134. The molecule has 0 saturated carbocycles. The van der Waals surface area contributed by atoms with Gasteiger partial charge in [0, 0.05) is 6.54 Å². The SMILES string of the molecule is CC(C)(C)OC(=O)N1CCC[C@H]1/C=N/O. The van der Waals surface area contributed by atoms with Gasteiger partial charge in [-0.05, 0) is 33.6 Å². The molecule has 0 aromatic rings. The van der Waals surface area contributed by atoms with Gasteiger partial charge in [-0.3, -0.25) is 0 Å². The smallest absolute Gasteiger partial charge is 0.410 e. The molecule has 1 rings (SSSR count). The molecule has 86 valence electrons. The third-order valence-corrected chi connectivity index (χ3v) is 2.17. The Bertz CT molecular complexity index is 258. The lowest BCUT2D eigenvalue weighted by atomic mass is 10.2. The van der Waals surface area contributed by atoms with Crippen LogP contribution in [-0.2, 0) is 4.74 Å². The van der Waals surface area contributed by atoms with Gasteiger partial charge in [0.15, 0.2) is 0 Å². The van der Waals surface area contributed by atoms with Crippen LogP contribution in [0.25, 0.3) is 0 Å². The average molecular weight is 214 g/mol. The van der Waals surface area contributed by atoms with Crippen LogP contribution in [0, 0.1) is 0 Å². The third-order valence-electron chi connectivity index (χ3n) is 2.17. The van der Waals surface area contributed by atoms with E-state index in [4.69, 9.17) is 9.94 Å². The second-order valence-electron chi connectivity index (χ2n) is 4.65. The normalized spacial score (nSPS) is 22.3. The number of hydrogen-bond donors (Lipinski definition) is 1. The van der Waals surface area contributed by atoms with Crippen molar-refractivity contribution < 1.29 is 14.7 Å². The molecule has 1 aliphatic heterocycles. The fourth-order valence-corrected chi connectivity index (χ4v) is 1.57. The average Bonchev–Trinajstić information content (AvgIpc) is 2.49. The first-order chi connectivity index (χ1) is 6.94. The third kappa shape index (κ3) is 3.42. The Balaban J connectivity index is 2.59.